The second kappa shape index (κ2) is 11.8. The van der Waals surface area contributed by atoms with Gasteiger partial charge in [-0.15, -0.1) is 0 Å². The zero-order chi connectivity index (χ0) is 25.5. The Balaban J connectivity index is 1.28. The van der Waals surface area contributed by atoms with E-state index in [1.807, 2.05) is 43.3 Å². The number of aryl methyl sites for hydroxylation is 1. The first-order chi connectivity index (χ1) is 17.4. The summed E-state index contributed by atoms with van der Waals surface area (Å²) in [5, 5.41) is 2.98. The lowest BCUT2D eigenvalue weighted by atomic mass is 10.2. The van der Waals surface area contributed by atoms with Crippen LogP contribution in [0.25, 0.3) is 6.08 Å². The van der Waals surface area contributed by atoms with Gasteiger partial charge in [0.2, 0.25) is 0 Å². The molecular weight excluding hydrogens is 500 g/mol. The van der Waals surface area contributed by atoms with E-state index < -0.39 is 0 Å². The third kappa shape index (κ3) is 6.68. The molecule has 36 heavy (non-hydrogen) atoms. The van der Waals surface area contributed by atoms with Crippen molar-refractivity contribution in [3.63, 3.8) is 0 Å². The Morgan fingerprint density at radius 1 is 1.00 bits per heavy atom. The molecular formula is C27H23ClN2O5S. The van der Waals surface area contributed by atoms with Gasteiger partial charge >= 0.3 is 0 Å². The smallest absolute Gasteiger partial charge is 0.293 e. The van der Waals surface area contributed by atoms with Gasteiger partial charge < -0.3 is 14.8 Å². The number of halogens is 1. The van der Waals surface area contributed by atoms with Gasteiger partial charge in [-0.05, 0) is 72.3 Å². The van der Waals surface area contributed by atoms with Gasteiger partial charge in [0.15, 0.2) is 6.61 Å². The highest BCUT2D eigenvalue weighted by molar-refractivity contribution is 8.18. The fourth-order valence-electron chi connectivity index (χ4n) is 3.29. The van der Waals surface area contributed by atoms with E-state index in [4.69, 9.17) is 21.1 Å². The SMILES string of the molecule is Cc1ccc(NC(=O)COc2ccc(/C=C3\SC(=O)N(CCOc4ccccc4)C3=O)cc2)cc1Cl. The second-order valence-corrected chi connectivity index (χ2v) is 9.27. The summed E-state index contributed by atoms with van der Waals surface area (Å²) >= 11 is 6.97. The fourth-order valence-corrected chi connectivity index (χ4v) is 4.34. The van der Waals surface area contributed by atoms with Crippen LogP contribution in [0.2, 0.25) is 5.02 Å². The van der Waals surface area contributed by atoms with Gasteiger partial charge in [0.05, 0.1) is 11.4 Å². The number of anilines is 1. The third-order valence-corrected chi connectivity index (χ3v) is 6.52. The average Bonchev–Trinajstić information content (AvgIpc) is 3.14. The first-order valence-electron chi connectivity index (χ1n) is 11.1. The lowest BCUT2D eigenvalue weighted by Gasteiger charge is -2.13. The van der Waals surface area contributed by atoms with Crippen LogP contribution in [0.15, 0.2) is 77.7 Å². The molecule has 0 unspecified atom stereocenters. The van der Waals surface area contributed by atoms with Crippen molar-refractivity contribution >= 4 is 52.2 Å². The number of thioether (sulfide) groups is 1. The van der Waals surface area contributed by atoms with Crippen LogP contribution in [-0.2, 0) is 9.59 Å². The average molecular weight is 523 g/mol. The Labute approximate surface area is 218 Å². The highest BCUT2D eigenvalue weighted by Crippen LogP contribution is 2.32. The quantitative estimate of drug-likeness (QED) is 0.358. The number of carbonyl (C=O) groups excluding carboxylic acids is 3. The minimum Gasteiger partial charge on any atom is -0.492 e. The molecule has 0 aromatic heterocycles. The maximum absolute atomic E-state index is 12.7. The first kappa shape index (κ1) is 25.3. The Morgan fingerprint density at radius 3 is 2.44 bits per heavy atom. The van der Waals surface area contributed by atoms with Crippen molar-refractivity contribution in [3.05, 3.63) is 93.9 Å². The molecule has 9 heteroatoms. The van der Waals surface area contributed by atoms with Crippen LogP contribution in [0.5, 0.6) is 11.5 Å². The van der Waals surface area contributed by atoms with E-state index >= 15 is 0 Å². The molecule has 1 N–H and O–H groups in total. The molecule has 0 aliphatic carbocycles. The molecule has 1 heterocycles. The summed E-state index contributed by atoms with van der Waals surface area (Å²) in [4.78, 5) is 38.7. The molecule has 0 radical (unpaired) electrons. The molecule has 1 fully saturated rings. The number of benzene rings is 3. The number of carbonyl (C=O) groups is 3. The summed E-state index contributed by atoms with van der Waals surface area (Å²) in [6.07, 6.45) is 1.65. The van der Waals surface area contributed by atoms with E-state index in [1.165, 1.54) is 4.90 Å². The van der Waals surface area contributed by atoms with Crippen molar-refractivity contribution in [2.45, 2.75) is 6.92 Å². The molecule has 0 bridgehead atoms. The van der Waals surface area contributed by atoms with Crippen molar-refractivity contribution < 1.29 is 23.9 Å². The number of hydrogen-bond acceptors (Lipinski definition) is 6. The minimum atomic E-state index is -0.352. The summed E-state index contributed by atoms with van der Waals surface area (Å²) in [5.74, 6) is 0.508. The normalized spacial score (nSPS) is 14.3. The van der Waals surface area contributed by atoms with Gasteiger partial charge in [0.1, 0.15) is 18.1 Å². The maximum Gasteiger partial charge on any atom is 0.293 e. The zero-order valence-corrected chi connectivity index (χ0v) is 21.0. The number of nitrogens with zero attached hydrogens (tertiary/aromatic N) is 1. The number of imide groups is 1. The molecule has 3 amide bonds. The summed E-state index contributed by atoms with van der Waals surface area (Å²) in [5.41, 5.74) is 2.25. The van der Waals surface area contributed by atoms with Crippen LogP contribution >= 0.6 is 23.4 Å². The van der Waals surface area contributed by atoms with E-state index in [1.54, 1.807) is 42.5 Å². The van der Waals surface area contributed by atoms with E-state index in [0.29, 0.717) is 27.1 Å². The van der Waals surface area contributed by atoms with Crippen LogP contribution in [0.1, 0.15) is 11.1 Å². The second-order valence-electron chi connectivity index (χ2n) is 7.86. The first-order valence-corrected chi connectivity index (χ1v) is 12.3. The van der Waals surface area contributed by atoms with Crippen molar-refractivity contribution in [1.82, 2.24) is 4.90 Å². The Kier molecular flexibility index (Phi) is 8.30. The standard InChI is InChI=1S/C27H23ClN2O5S/c1-18-7-10-20(16-23(18)28)29-25(31)17-35-22-11-8-19(9-12-22)15-24-26(32)30(27(33)36-24)13-14-34-21-5-3-2-4-6-21/h2-12,15-16H,13-14,17H2,1H3,(H,29,31)/b24-15-. The van der Waals surface area contributed by atoms with Gasteiger partial charge in [-0.2, -0.15) is 0 Å². The van der Waals surface area contributed by atoms with E-state index in [-0.39, 0.29) is 36.8 Å². The topological polar surface area (TPSA) is 84.9 Å². The molecule has 3 aromatic rings. The zero-order valence-electron chi connectivity index (χ0n) is 19.4. The van der Waals surface area contributed by atoms with Gasteiger partial charge in [-0.25, -0.2) is 0 Å². The number of para-hydroxylation sites is 1. The minimum absolute atomic E-state index is 0.167. The van der Waals surface area contributed by atoms with E-state index in [0.717, 1.165) is 22.9 Å². The van der Waals surface area contributed by atoms with Crippen LogP contribution in [0.4, 0.5) is 10.5 Å². The summed E-state index contributed by atoms with van der Waals surface area (Å²) in [7, 11) is 0. The van der Waals surface area contributed by atoms with Crippen molar-refractivity contribution in [2.24, 2.45) is 0 Å². The molecule has 4 rings (SSSR count). The molecule has 7 nitrogen and oxygen atoms in total. The monoisotopic (exact) mass is 522 g/mol. The van der Waals surface area contributed by atoms with Gasteiger partial charge in [0, 0.05) is 10.7 Å². The predicted octanol–water partition coefficient (Wildman–Crippen LogP) is 5.78. The molecule has 184 valence electrons. The highest BCUT2D eigenvalue weighted by atomic mass is 35.5. The van der Waals surface area contributed by atoms with Gasteiger partial charge in [0.25, 0.3) is 17.1 Å². The molecule has 3 aromatic carbocycles. The van der Waals surface area contributed by atoms with Gasteiger partial charge in [-0.1, -0.05) is 48.0 Å². The molecule has 0 spiro atoms. The van der Waals surface area contributed by atoms with Crippen LogP contribution in [0.3, 0.4) is 0 Å². The molecule has 0 atom stereocenters. The lowest BCUT2D eigenvalue weighted by Crippen LogP contribution is -2.32. The highest BCUT2D eigenvalue weighted by Gasteiger charge is 2.34. The van der Waals surface area contributed by atoms with Crippen LogP contribution < -0.4 is 14.8 Å². The van der Waals surface area contributed by atoms with Crippen molar-refractivity contribution in [2.75, 3.05) is 25.1 Å². The number of ether oxygens (including phenoxy) is 2. The van der Waals surface area contributed by atoms with Crippen molar-refractivity contribution in [1.29, 1.82) is 0 Å². The number of rotatable bonds is 9. The van der Waals surface area contributed by atoms with Crippen LogP contribution in [0, 0.1) is 6.92 Å². The molecule has 1 aliphatic rings. The largest absolute Gasteiger partial charge is 0.492 e. The summed E-state index contributed by atoms with van der Waals surface area (Å²) in [6.45, 7) is 2.09. The predicted molar refractivity (Wildman–Crippen MR) is 141 cm³/mol. The fraction of sp³-hybridized carbons (Fsp3) is 0.148. The lowest BCUT2D eigenvalue weighted by molar-refractivity contribution is -0.123. The van der Waals surface area contributed by atoms with Crippen molar-refractivity contribution in [3.8, 4) is 11.5 Å². The van der Waals surface area contributed by atoms with E-state index in [2.05, 4.69) is 5.32 Å². The van der Waals surface area contributed by atoms with Crippen LogP contribution in [-0.4, -0.2) is 41.7 Å². The summed E-state index contributed by atoms with van der Waals surface area (Å²) < 4.78 is 11.1. The van der Waals surface area contributed by atoms with E-state index in [9.17, 15) is 14.4 Å². The summed E-state index contributed by atoms with van der Waals surface area (Å²) in [6, 6.07) is 21.4. The molecule has 1 aliphatic heterocycles. The number of nitrogens with one attached hydrogen (secondary N) is 1. The Morgan fingerprint density at radius 2 is 1.72 bits per heavy atom. The van der Waals surface area contributed by atoms with Gasteiger partial charge in [-0.3, -0.25) is 19.3 Å². The number of amides is 3. The molecule has 1 saturated heterocycles. The molecule has 0 saturated carbocycles. The Hall–Kier alpha value is -3.75. The number of hydrogen-bond donors (Lipinski definition) is 1. The Bertz CT molecular complexity index is 1300. The maximum atomic E-state index is 12.7. The third-order valence-electron chi connectivity index (χ3n) is 5.20.